The summed E-state index contributed by atoms with van der Waals surface area (Å²) in [5.41, 5.74) is 2.11. The van der Waals surface area contributed by atoms with Crippen LogP contribution in [0.1, 0.15) is 37.7 Å². The van der Waals surface area contributed by atoms with Gasteiger partial charge in [0.1, 0.15) is 6.07 Å². The van der Waals surface area contributed by atoms with Gasteiger partial charge in [0.2, 0.25) is 0 Å². The second-order valence-electron chi connectivity index (χ2n) is 5.89. The minimum atomic E-state index is 0.218. The van der Waals surface area contributed by atoms with Gasteiger partial charge in [-0.3, -0.25) is 0 Å². The normalized spacial score (nSPS) is 21.7. The fraction of sp³-hybridized carbons (Fsp3) is 0.562. The number of rotatable bonds is 1. The zero-order chi connectivity index (χ0) is 14.0. The second-order valence-corrected chi connectivity index (χ2v) is 6.80. The number of nitrogens with zero attached hydrogens (tertiary/aromatic N) is 2. The second kappa shape index (κ2) is 5.75. The van der Waals surface area contributed by atoms with Crippen molar-refractivity contribution < 1.29 is 0 Å². The average molecular weight is 334 g/mol. The van der Waals surface area contributed by atoms with E-state index < -0.39 is 0 Å². The molecular formula is C16H20BrN3. The Hall–Kier alpha value is -1.05. The number of nitrogens with one attached hydrogen (secondary N) is 1. The van der Waals surface area contributed by atoms with Crippen molar-refractivity contribution >= 4 is 21.6 Å². The summed E-state index contributed by atoms with van der Waals surface area (Å²) in [6.07, 6.45) is 6.43. The van der Waals surface area contributed by atoms with Gasteiger partial charge in [-0.05, 0) is 31.0 Å². The Kier molecular flexibility index (Phi) is 4.00. The standard InChI is InChI=1S/C16H20BrN3/c17-14-4-5-15(13(10-14)11-18)20-9-8-19-12-16(20)6-2-1-3-7-16/h4-5,10,19H,1-3,6-9,12H2. The summed E-state index contributed by atoms with van der Waals surface area (Å²) in [5.74, 6) is 0. The molecule has 0 unspecified atom stereocenters. The van der Waals surface area contributed by atoms with Gasteiger partial charge in [0.15, 0.2) is 0 Å². The molecule has 3 rings (SSSR count). The van der Waals surface area contributed by atoms with E-state index in [1.54, 1.807) is 0 Å². The predicted octanol–water partition coefficient (Wildman–Crippen LogP) is 3.43. The Morgan fingerprint density at radius 2 is 2.05 bits per heavy atom. The molecule has 2 fully saturated rings. The van der Waals surface area contributed by atoms with Gasteiger partial charge < -0.3 is 10.2 Å². The summed E-state index contributed by atoms with van der Waals surface area (Å²) in [7, 11) is 0. The van der Waals surface area contributed by atoms with E-state index in [0.717, 1.165) is 35.4 Å². The largest absolute Gasteiger partial charge is 0.362 e. The highest BCUT2D eigenvalue weighted by atomic mass is 79.9. The third-order valence-electron chi connectivity index (χ3n) is 4.69. The van der Waals surface area contributed by atoms with Crippen LogP contribution in [0, 0.1) is 11.3 Å². The van der Waals surface area contributed by atoms with Crippen molar-refractivity contribution in [3.8, 4) is 6.07 Å². The summed E-state index contributed by atoms with van der Waals surface area (Å²) in [6, 6.07) is 8.45. The van der Waals surface area contributed by atoms with Crippen molar-refractivity contribution in [3.05, 3.63) is 28.2 Å². The van der Waals surface area contributed by atoms with E-state index in [4.69, 9.17) is 0 Å². The quantitative estimate of drug-likeness (QED) is 0.855. The molecule has 3 nitrogen and oxygen atoms in total. The monoisotopic (exact) mass is 333 g/mol. The van der Waals surface area contributed by atoms with E-state index in [0.29, 0.717) is 0 Å². The van der Waals surface area contributed by atoms with Gasteiger partial charge in [-0.15, -0.1) is 0 Å². The van der Waals surface area contributed by atoms with Gasteiger partial charge in [0.05, 0.1) is 16.8 Å². The zero-order valence-electron chi connectivity index (χ0n) is 11.7. The van der Waals surface area contributed by atoms with Crippen LogP contribution >= 0.6 is 15.9 Å². The molecule has 1 aliphatic heterocycles. The molecule has 0 bridgehead atoms. The van der Waals surface area contributed by atoms with Crippen molar-refractivity contribution in [1.82, 2.24) is 5.32 Å². The van der Waals surface area contributed by atoms with Gasteiger partial charge >= 0.3 is 0 Å². The van der Waals surface area contributed by atoms with Crippen LogP contribution in [0.15, 0.2) is 22.7 Å². The van der Waals surface area contributed by atoms with Gasteiger partial charge in [-0.2, -0.15) is 5.26 Å². The molecule has 1 N–H and O–H groups in total. The van der Waals surface area contributed by atoms with Crippen LogP contribution in [0.5, 0.6) is 0 Å². The smallest absolute Gasteiger partial charge is 0.101 e. The predicted molar refractivity (Wildman–Crippen MR) is 84.9 cm³/mol. The first-order valence-electron chi connectivity index (χ1n) is 7.43. The summed E-state index contributed by atoms with van der Waals surface area (Å²) in [4.78, 5) is 2.51. The fourth-order valence-corrected chi connectivity index (χ4v) is 4.07. The summed E-state index contributed by atoms with van der Waals surface area (Å²) >= 11 is 3.47. The molecule has 106 valence electrons. The highest BCUT2D eigenvalue weighted by Gasteiger charge is 2.40. The van der Waals surface area contributed by atoms with E-state index in [1.807, 2.05) is 6.07 Å². The Bertz CT molecular complexity index is 521. The zero-order valence-corrected chi connectivity index (χ0v) is 13.2. The molecule has 0 atom stereocenters. The van der Waals surface area contributed by atoms with Crippen LogP contribution < -0.4 is 10.2 Å². The Morgan fingerprint density at radius 1 is 1.25 bits per heavy atom. The summed E-state index contributed by atoms with van der Waals surface area (Å²) in [6.45, 7) is 3.05. The Balaban J connectivity index is 2.00. The Labute approximate surface area is 129 Å². The summed E-state index contributed by atoms with van der Waals surface area (Å²) in [5, 5.41) is 13.0. The molecule has 1 saturated heterocycles. The lowest BCUT2D eigenvalue weighted by Gasteiger charge is -2.51. The van der Waals surface area contributed by atoms with Gasteiger partial charge in [0, 0.05) is 24.1 Å². The SMILES string of the molecule is N#Cc1cc(Br)ccc1N1CCNCC12CCCCC2. The van der Waals surface area contributed by atoms with Gasteiger partial charge in [0.25, 0.3) is 0 Å². The fourth-order valence-electron chi connectivity index (χ4n) is 3.71. The number of anilines is 1. The molecule has 1 aliphatic carbocycles. The molecule has 1 spiro atoms. The van der Waals surface area contributed by atoms with E-state index in [1.165, 1.54) is 32.1 Å². The van der Waals surface area contributed by atoms with Crippen LogP contribution in [-0.2, 0) is 0 Å². The van der Waals surface area contributed by atoms with Crippen LogP contribution in [0.3, 0.4) is 0 Å². The number of halogens is 1. The van der Waals surface area contributed by atoms with Crippen LogP contribution in [-0.4, -0.2) is 25.2 Å². The first-order valence-corrected chi connectivity index (χ1v) is 8.22. The van der Waals surface area contributed by atoms with Crippen molar-refractivity contribution in [2.24, 2.45) is 0 Å². The van der Waals surface area contributed by atoms with E-state index in [-0.39, 0.29) is 5.54 Å². The molecule has 0 radical (unpaired) electrons. The lowest BCUT2D eigenvalue weighted by atomic mass is 9.78. The van der Waals surface area contributed by atoms with Crippen molar-refractivity contribution in [3.63, 3.8) is 0 Å². The topological polar surface area (TPSA) is 39.1 Å². The maximum Gasteiger partial charge on any atom is 0.101 e. The highest BCUT2D eigenvalue weighted by Crippen LogP contribution is 2.39. The molecule has 1 heterocycles. The molecule has 1 saturated carbocycles. The minimum absolute atomic E-state index is 0.218. The molecule has 1 aromatic rings. The third-order valence-corrected chi connectivity index (χ3v) is 5.19. The molecule has 0 aromatic heterocycles. The highest BCUT2D eigenvalue weighted by molar-refractivity contribution is 9.10. The molecule has 1 aromatic carbocycles. The molecule has 0 amide bonds. The Morgan fingerprint density at radius 3 is 2.80 bits per heavy atom. The molecular weight excluding hydrogens is 314 g/mol. The summed E-state index contributed by atoms with van der Waals surface area (Å²) < 4.78 is 0.977. The van der Waals surface area contributed by atoms with E-state index >= 15 is 0 Å². The van der Waals surface area contributed by atoms with E-state index in [9.17, 15) is 5.26 Å². The van der Waals surface area contributed by atoms with Crippen molar-refractivity contribution in [1.29, 1.82) is 5.26 Å². The number of nitriles is 1. The van der Waals surface area contributed by atoms with E-state index in [2.05, 4.69) is 44.3 Å². The average Bonchev–Trinajstić information content (AvgIpc) is 2.49. The lowest BCUT2D eigenvalue weighted by molar-refractivity contribution is 0.241. The first kappa shape index (κ1) is 13.9. The lowest BCUT2D eigenvalue weighted by Crippen LogP contribution is -2.62. The maximum absolute atomic E-state index is 9.45. The molecule has 4 heteroatoms. The van der Waals surface area contributed by atoms with Crippen molar-refractivity contribution in [2.75, 3.05) is 24.5 Å². The molecule has 20 heavy (non-hydrogen) atoms. The maximum atomic E-state index is 9.45. The van der Waals surface area contributed by atoms with Crippen LogP contribution in [0.25, 0.3) is 0 Å². The first-order chi connectivity index (χ1) is 9.75. The van der Waals surface area contributed by atoms with Crippen molar-refractivity contribution in [2.45, 2.75) is 37.6 Å². The number of hydrogen-bond acceptors (Lipinski definition) is 3. The number of hydrogen-bond donors (Lipinski definition) is 1. The van der Waals surface area contributed by atoms with Gasteiger partial charge in [-0.1, -0.05) is 35.2 Å². The number of benzene rings is 1. The third kappa shape index (κ3) is 2.45. The van der Waals surface area contributed by atoms with Crippen LogP contribution in [0.4, 0.5) is 5.69 Å². The molecule has 2 aliphatic rings. The number of piperazine rings is 1. The van der Waals surface area contributed by atoms with Crippen LogP contribution in [0.2, 0.25) is 0 Å². The van der Waals surface area contributed by atoms with Gasteiger partial charge in [-0.25, -0.2) is 0 Å². The minimum Gasteiger partial charge on any atom is -0.362 e.